The Morgan fingerprint density at radius 2 is 1.85 bits per heavy atom. The first kappa shape index (κ1) is 23.5. The van der Waals surface area contributed by atoms with E-state index in [2.05, 4.69) is 10.3 Å². The number of aromatic carboxylic acids is 1. The Labute approximate surface area is 191 Å². The van der Waals surface area contributed by atoms with Crippen LogP contribution in [-0.2, 0) is 7.05 Å². The van der Waals surface area contributed by atoms with Crippen molar-refractivity contribution in [2.45, 2.75) is 31.5 Å². The zero-order chi connectivity index (χ0) is 24.6. The number of nitrogens with one attached hydrogen (secondary N) is 1. The van der Waals surface area contributed by atoms with E-state index in [0.29, 0.717) is 19.2 Å². The molecule has 1 fully saturated rings. The largest absolute Gasteiger partial charge is 0.478 e. The molecule has 0 amide bonds. The molecule has 1 saturated heterocycles. The predicted molar refractivity (Wildman–Crippen MR) is 119 cm³/mol. The van der Waals surface area contributed by atoms with Crippen molar-refractivity contribution in [1.29, 1.82) is 0 Å². The van der Waals surface area contributed by atoms with Gasteiger partial charge in [-0.15, -0.1) is 0 Å². The Kier molecular flexibility index (Phi) is 6.20. The fourth-order valence-corrected chi connectivity index (χ4v) is 4.23. The predicted octanol–water partition coefficient (Wildman–Crippen LogP) is 4.48. The van der Waals surface area contributed by atoms with Crippen LogP contribution in [0.15, 0.2) is 41.2 Å². The highest BCUT2D eigenvalue weighted by atomic mass is 19.4. The second-order valence-corrected chi connectivity index (χ2v) is 8.18. The molecule has 7 nitrogen and oxygen atoms in total. The number of carboxylic acids is 1. The van der Waals surface area contributed by atoms with Gasteiger partial charge in [0.15, 0.2) is 6.04 Å². The highest BCUT2D eigenvalue weighted by molar-refractivity contribution is 5.94. The van der Waals surface area contributed by atoms with Gasteiger partial charge in [-0.2, -0.15) is 13.2 Å². The molecule has 0 saturated carbocycles. The number of rotatable bonds is 5. The highest BCUT2D eigenvalue weighted by Crippen LogP contribution is 2.39. The lowest BCUT2D eigenvalue weighted by atomic mass is 10.0. The molecule has 11 heteroatoms. The van der Waals surface area contributed by atoms with Gasteiger partial charge in [0.25, 0.3) is 5.56 Å². The molecule has 1 aromatic heterocycles. The number of aromatic nitrogens is 2. The summed E-state index contributed by atoms with van der Waals surface area (Å²) in [4.78, 5) is 30.9. The monoisotopic (exact) mass is 478 g/mol. The normalized spacial score (nSPS) is 15.4. The van der Waals surface area contributed by atoms with Crippen molar-refractivity contribution >= 4 is 28.5 Å². The van der Waals surface area contributed by atoms with E-state index in [9.17, 15) is 32.3 Å². The minimum atomic E-state index is -4.88. The number of piperidine rings is 1. The van der Waals surface area contributed by atoms with Gasteiger partial charge in [-0.3, -0.25) is 9.36 Å². The number of hydrogen-bond acceptors (Lipinski definition) is 5. The Balaban J connectivity index is 1.89. The van der Waals surface area contributed by atoms with Crippen LogP contribution in [0.3, 0.4) is 0 Å². The lowest BCUT2D eigenvalue weighted by molar-refractivity contribution is -0.143. The van der Waals surface area contributed by atoms with Crippen LogP contribution in [0.5, 0.6) is 0 Å². The summed E-state index contributed by atoms with van der Waals surface area (Å²) in [5.41, 5.74) is -2.00. The third-order valence-electron chi connectivity index (χ3n) is 5.90. The average molecular weight is 478 g/mol. The van der Waals surface area contributed by atoms with Crippen molar-refractivity contribution in [3.63, 3.8) is 0 Å². The number of carboxylic acid groups (broad SMARTS) is 1. The summed E-state index contributed by atoms with van der Waals surface area (Å²) in [6.07, 6.45) is -2.10. The maximum absolute atomic E-state index is 14.3. The zero-order valence-electron chi connectivity index (χ0n) is 18.2. The van der Waals surface area contributed by atoms with E-state index < -0.39 is 40.8 Å². The van der Waals surface area contributed by atoms with E-state index in [1.165, 1.54) is 29.8 Å². The molecule has 180 valence electrons. The fourth-order valence-electron chi connectivity index (χ4n) is 4.23. The van der Waals surface area contributed by atoms with Gasteiger partial charge in [0.05, 0.1) is 16.5 Å². The maximum atomic E-state index is 14.3. The number of anilines is 2. The third kappa shape index (κ3) is 4.42. The Morgan fingerprint density at radius 1 is 1.15 bits per heavy atom. The topological polar surface area (TPSA) is 87.5 Å². The molecule has 0 bridgehead atoms. The summed E-state index contributed by atoms with van der Waals surface area (Å²) < 4.78 is 57.7. The number of benzene rings is 2. The maximum Gasteiger partial charge on any atom is 0.412 e. The van der Waals surface area contributed by atoms with E-state index in [4.69, 9.17) is 0 Å². The standard InChI is InChI=1S/C23H22F4N4O3/c1-30-20(32)15-7-5-6-14(18(15)29-22(30)31-10-3-2-4-11-31)19(23(25,26)27)28-17-9-8-13(24)12-16(17)21(33)34/h5-9,12,19,28H,2-4,10-11H2,1H3,(H,33,34). The van der Waals surface area contributed by atoms with Crippen LogP contribution < -0.4 is 15.8 Å². The molecule has 0 aliphatic carbocycles. The SMILES string of the molecule is Cn1c(N2CCCCC2)nc2c(C(Nc3ccc(F)cc3C(=O)O)C(F)(F)F)cccc2c1=O. The second kappa shape index (κ2) is 8.96. The molecule has 1 aliphatic heterocycles. The molecule has 1 unspecified atom stereocenters. The number of alkyl halides is 3. The number of halogens is 4. The average Bonchev–Trinajstić information content (AvgIpc) is 2.80. The molecule has 1 atom stereocenters. The highest BCUT2D eigenvalue weighted by Gasteiger charge is 2.43. The van der Waals surface area contributed by atoms with Gasteiger partial charge < -0.3 is 15.3 Å². The van der Waals surface area contributed by atoms with Gasteiger partial charge in [-0.05, 0) is 43.5 Å². The molecule has 3 aromatic rings. The van der Waals surface area contributed by atoms with Crippen molar-refractivity contribution in [3.05, 3.63) is 63.7 Å². The Morgan fingerprint density at radius 3 is 2.50 bits per heavy atom. The first-order valence-corrected chi connectivity index (χ1v) is 10.7. The Hall–Kier alpha value is -3.63. The van der Waals surface area contributed by atoms with Crippen molar-refractivity contribution < 1.29 is 27.5 Å². The molecule has 4 rings (SSSR count). The molecule has 0 spiro atoms. The number of hydrogen-bond donors (Lipinski definition) is 2. The van der Waals surface area contributed by atoms with Crippen LogP contribution in [0.4, 0.5) is 29.2 Å². The van der Waals surface area contributed by atoms with Crippen LogP contribution in [0.1, 0.15) is 41.2 Å². The van der Waals surface area contributed by atoms with Crippen LogP contribution >= 0.6 is 0 Å². The fraction of sp³-hybridized carbons (Fsp3) is 0.348. The molecule has 2 heterocycles. The van der Waals surface area contributed by atoms with E-state index in [-0.39, 0.29) is 22.4 Å². The molecule has 1 aliphatic rings. The molecule has 2 N–H and O–H groups in total. The van der Waals surface area contributed by atoms with Gasteiger partial charge in [0.2, 0.25) is 5.95 Å². The van der Waals surface area contributed by atoms with E-state index >= 15 is 0 Å². The minimum Gasteiger partial charge on any atom is -0.478 e. The first-order valence-electron chi connectivity index (χ1n) is 10.7. The van der Waals surface area contributed by atoms with Crippen LogP contribution in [0, 0.1) is 5.82 Å². The number of nitrogens with zero attached hydrogens (tertiary/aromatic N) is 3. The lowest BCUT2D eigenvalue weighted by Crippen LogP contribution is -2.36. The quantitative estimate of drug-likeness (QED) is 0.526. The van der Waals surface area contributed by atoms with Gasteiger partial charge >= 0.3 is 12.1 Å². The van der Waals surface area contributed by atoms with Crippen LogP contribution in [-0.4, -0.2) is 39.9 Å². The van der Waals surface area contributed by atoms with Gasteiger partial charge in [0, 0.05) is 31.4 Å². The molecule has 0 radical (unpaired) electrons. The first-order chi connectivity index (χ1) is 16.1. The smallest absolute Gasteiger partial charge is 0.412 e. The van der Waals surface area contributed by atoms with Crippen molar-refractivity contribution in [2.75, 3.05) is 23.3 Å². The van der Waals surface area contributed by atoms with Crippen LogP contribution in [0.25, 0.3) is 10.9 Å². The summed E-state index contributed by atoms with van der Waals surface area (Å²) in [6.45, 7) is 1.26. The van der Waals surface area contributed by atoms with Crippen molar-refractivity contribution in [3.8, 4) is 0 Å². The second-order valence-electron chi connectivity index (χ2n) is 8.18. The van der Waals surface area contributed by atoms with Gasteiger partial charge in [0.1, 0.15) is 5.82 Å². The van der Waals surface area contributed by atoms with Gasteiger partial charge in [-0.1, -0.05) is 12.1 Å². The molecular weight excluding hydrogens is 456 g/mol. The van der Waals surface area contributed by atoms with Crippen LogP contribution in [0.2, 0.25) is 0 Å². The van der Waals surface area contributed by atoms with E-state index in [1.54, 1.807) is 0 Å². The number of para-hydroxylation sites is 1. The number of carbonyl (C=O) groups is 1. The third-order valence-corrected chi connectivity index (χ3v) is 5.90. The Bertz CT molecular complexity index is 1300. The summed E-state index contributed by atoms with van der Waals surface area (Å²) >= 11 is 0. The van der Waals surface area contributed by atoms with E-state index in [1.807, 2.05) is 4.90 Å². The summed E-state index contributed by atoms with van der Waals surface area (Å²) in [7, 11) is 1.53. The molecule has 34 heavy (non-hydrogen) atoms. The van der Waals surface area contributed by atoms with Crippen molar-refractivity contribution in [2.24, 2.45) is 7.05 Å². The number of fused-ring (bicyclic) bond motifs is 1. The summed E-state index contributed by atoms with van der Waals surface area (Å²) in [6, 6.07) is 3.98. The zero-order valence-corrected chi connectivity index (χ0v) is 18.2. The summed E-state index contributed by atoms with van der Waals surface area (Å²) in [5, 5.41) is 11.6. The molecule has 2 aromatic carbocycles. The van der Waals surface area contributed by atoms with Gasteiger partial charge in [-0.25, -0.2) is 14.2 Å². The minimum absolute atomic E-state index is 0.00868. The van der Waals surface area contributed by atoms with E-state index in [0.717, 1.165) is 31.4 Å². The van der Waals surface area contributed by atoms with Crippen molar-refractivity contribution in [1.82, 2.24) is 9.55 Å². The summed E-state index contributed by atoms with van der Waals surface area (Å²) in [5.74, 6) is -2.20. The lowest BCUT2D eigenvalue weighted by Gasteiger charge is -2.30. The molecular formula is C23H22F4N4O3.